The fraction of sp³-hybridized carbons (Fsp3) is 0.280. The molecule has 0 aliphatic heterocycles. The second kappa shape index (κ2) is 10.6. The van der Waals surface area contributed by atoms with Crippen LogP contribution in [0.4, 0.5) is 23.0 Å². The molecule has 0 saturated carbocycles. The molecular formula is C25H29N7O5S. The van der Waals surface area contributed by atoms with Gasteiger partial charge in [0.1, 0.15) is 11.4 Å². The molecule has 2 aromatic carbocycles. The minimum absolute atomic E-state index is 0.103. The van der Waals surface area contributed by atoms with Gasteiger partial charge in [-0.1, -0.05) is 18.2 Å². The number of ether oxygens (including phenoxy) is 1. The van der Waals surface area contributed by atoms with E-state index in [4.69, 9.17) is 8.85 Å². The van der Waals surface area contributed by atoms with E-state index >= 15 is 0 Å². The molecule has 200 valence electrons. The van der Waals surface area contributed by atoms with Gasteiger partial charge in [-0.3, -0.25) is 10.1 Å². The van der Waals surface area contributed by atoms with E-state index in [0.717, 1.165) is 6.26 Å². The molecule has 0 spiro atoms. The van der Waals surface area contributed by atoms with Crippen molar-refractivity contribution < 1.29 is 22.2 Å². The molecule has 2 aromatic heterocycles. The summed E-state index contributed by atoms with van der Waals surface area (Å²) in [5.41, 5.74) is 1.73. The van der Waals surface area contributed by atoms with Crippen molar-refractivity contribution in [2.75, 3.05) is 57.7 Å². The largest absolute Gasteiger partial charge is 0.494 e. The first-order valence-electron chi connectivity index (χ1n) is 12.9. The van der Waals surface area contributed by atoms with Crippen LogP contribution in [0.2, 0.25) is 0 Å². The van der Waals surface area contributed by atoms with E-state index in [2.05, 4.69) is 15.3 Å². The molecule has 0 bridgehead atoms. The maximum atomic E-state index is 12.4. The smallest absolute Gasteiger partial charge is 0.294 e. The number of nitrogens with zero attached hydrogens (tertiary/aromatic N) is 6. The number of hydrogen-bond donors (Lipinski definition) is 1. The summed E-state index contributed by atoms with van der Waals surface area (Å²) in [4.78, 5) is 23.0. The highest BCUT2D eigenvalue weighted by Gasteiger charge is 2.23. The number of methoxy groups -OCH3 is 1. The van der Waals surface area contributed by atoms with Crippen molar-refractivity contribution >= 4 is 43.9 Å². The first-order valence-corrected chi connectivity index (χ1v) is 13.3. The molecule has 0 aliphatic rings. The molecule has 4 aromatic rings. The van der Waals surface area contributed by atoms with E-state index in [0.29, 0.717) is 22.2 Å². The normalized spacial score (nSPS) is 13.1. The van der Waals surface area contributed by atoms with Crippen LogP contribution < -0.4 is 15.0 Å². The molecule has 4 rings (SSSR count). The Balaban J connectivity index is 1.69. The van der Waals surface area contributed by atoms with E-state index in [1.165, 1.54) is 47.6 Å². The summed E-state index contributed by atoms with van der Waals surface area (Å²) in [6.45, 7) is -1.94. The summed E-state index contributed by atoms with van der Waals surface area (Å²) in [6.07, 6.45) is 4.09. The molecule has 12 nitrogen and oxygen atoms in total. The predicted molar refractivity (Wildman–Crippen MR) is 148 cm³/mol. The van der Waals surface area contributed by atoms with Gasteiger partial charge in [0.15, 0.2) is 0 Å². The monoisotopic (exact) mass is 542 g/mol. The summed E-state index contributed by atoms with van der Waals surface area (Å²) < 4.78 is 53.9. The quantitative estimate of drug-likeness (QED) is 0.234. The van der Waals surface area contributed by atoms with Crippen LogP contribution in [0.5, 0.6) is 5.75 Å². The number of rotatable bonds is 10. The third kappa shape index (κ3) is 5.53. The maximum Gasteiger partial charge on any atom is 0.294 e. The minimum atomic E-state index is -3.58. The zero-order chi connectivity index (χ0) is 30.1. The highest BCUT2D eigenvalue weighted by atomic mass is 32.2. The van der Waals surface area contributed by atoms with Gasteiger partial charge in [-0.25, -0.2) is 22.4 Å². The zero-order valence-corrected chi connectivity index (χ0v) is 22.1. The van der Waals surface area contributed by atoms with E-state index in [1.54, 1.807) is 42.3 Å². The maximum absolute atomic E-state index is 12.4. The fourth-order valence-corrected chi connectivity index (χ4v) is 4.83. The van der Waals surface area contributed by atoms with Crippen LogP contribution in [-0.2, 0) is 10.0 Å². The number of nitro benzene ring substituents is 1. The Kier molecular flexibility index (Phi) is 6.42. The Morgan fingerprint density at radius 1 is 1.21 bits per heavy atom. The molecule has 0 radical (unpaired) electrons. The average molecular weight is 543 g/mol. The molecule has 0 atom stereocenters. The third-order valence-electron chi connectivity index (χ3n) is 5.89. The van der Waals surface area contributed by atoms with Crippen molar-refractivity contribution in [3.05, 3.63) is 65.0 Å². The van der Waals surface area contributed by atoms with Crippen LogP contribution in [0.1, 0.15) is 4.11 Å². The van der Waals surface area contributed by atoms with Crippen LogP contribution in [0.3, 0.4) is 0 Å². The minimum Gasteiger partial charge on any atom is -0.494 e. The van der Waals surface area contributed by atoms with Crippen molar-refractivity contribution in [1.82, 2.24) is 18.8 Å². The number of hydrogen-bond acceptors (Lipinski definition) is 10. The number of aromatic nitrogens is 3. The fourth-order valence-electron chi connectivity index (χ4n) is 4.01. The van der Waals surface area contributed by atoms with Crippen LogP contribution in [0.25, 0.3) is 22.2 Å². The lowest BCUT2D eigenvalue weighted by molar-refractivity contribution is -0.384. The van der Waals surface area contributed by atoms with Crippen molar-refractivity contribution in [2.45, 2.75) is 0 Å². The molecule has 2 heterocycles. The number of para-hydroxylation sites is 1. The van der Waals surface area contributed by atoms with Crippen molar-refractivity contribution in [1.29, 1.82) is 0 Å². The van der Waals surface area contributed by atoms with Gasteiger partial charge in [0.2, 0.25) is 16.0 Å². The van der Waals surface area contributed by atoms with E-state index < -0.39 is 21.9 Å². The zero-order valence-electron chi connectivity index (χ0n) is 24.2. The van der Waals surface area contributed by atoms with Crippen LogP contribution in [0.15, 0.2) is 54.9 Å². The topological polar surface area (TPSA) is 136 Å². The number of likely N-dealkylation sites (N-methyl/N-ethyl adjacent to an activating group) is 2. The number of nitro groups is 1. The number of anilines is 3. The number of benzene rings is 2. The SMILES string of the molecule is [2H]C([2H])([2H])N(C)CCN(C)c1cc(OC)c(Nc2nccc(-c3cn(S(C)(=O)=O)c4ccccc34)n2)cc1[N+](=O)[O-]. The van der Waals surface area contributed by atoms with Gasteiger partial charge in [-0.2, -0.15) is 0 Å². The van der Waals surface area contributed by atoms with Crippen molar-refractivity contribution in [3.8, 4) is 17.0 Å². The molecule has 13 heteroatoms. The average Bonchev–Trinajstić information content (AvgIpc) is 3.31. The van der Waals surface area contributed by atoms with E-state index in [-0.39, 0.29) is 41.8 Å². The molecule has 1 N–H and O–H groups in total. The van der Waals surface area contributed by atoms with Crippen molar-refractivity contribution in [2.24, 2.45) is 0 Å². The van der Waals surface area contributed by atoms with Gasteiger partial charge < -0.3 is 19.9 Å². The molecule has 38 heavy (non-hydrogen) atoms. The van der Waals surface area contributed by atoms with Crippen molar-refractivity contribution in [3.63, 3.8) is 0 Å². The van der Waals surface area contributed by atoms with E-state index in [1.807, 2.05) is 0 Å². The Morgan fingerprint density at radius 2 is 1.97 bits per heavy atom. The second-order valence-electron chi connectivity index (χ2n) is 8.65. The van der Waals surface area contributed by atoms with Gasteiger partial charge in [0.05, 0.1) is 35.2 Å². The van der Waals surface area contributed by atoms with Crippen LogP contribution >= 0.6 is 0 Å². The van der Waals surface area contributed by atoms with Gasteiger partial charge >= 0.3 is 0 Å². The third-order valence-corrected chi connectivity index (χ3v) is 6.91. The Morgan fingerprint density at radius 3 is 2.66 bits per heavy atom. The molecule has 0 fully saturated rings. The summed E-state index contributed by atoms with van der Waals surface area (Å²) in [5.74, 6) is 0.371. The molecular weight excluding hydrogens is 510 g/mol. The predicted octanol–water partition coefficient (Wildman–Crippen LogP) is 3.56. The lowest BCUT2D eigenvalue weighted by Gasteiger charge is -2.22. The molecule has 0 saturated heterocycles. The van der Waals surface area contributed by atoms with E-state index in [9.17, 15) is 18.5 Å². The standard InChI is InChI=1S/C25H29N7O5S/c1-29(2)12-13-30(3)22-15-24(37-4)20(14-23(22)32(33)34)28-25-26-11-10-19(27-25)18-16-31(38(5,35)36)21-9-7-6-8-17(18)21/h6-11,14-16H,12-13H2,1-5H3,(H,26,27,28)/i1D3. The number of nitrogens with one attached hydrogen (secondary N) is 1. The summed E-state index contributed by atoms with van der Waals surface area (Å²) in [6, 6.07) is 11.4. The van der Waals surface area contributed by atoms with Crippen LogP contribution in [-0.4, -0.2) is 79.7 Å². The first kappa shape index (κ1) is 22.9. The Bertz CT molecular complexity index is 1710. The summed E-state index contributed by atoms with van der Waals surface area (Å²) in [5, 5.41) is 15.6. The lowest BCUT2D eigenvalue weighted by Crippen LogP contribution is -2.28. The highest BCUT2D eigenvalue weighted by molar-refractivity contribution is 7.89. The molecule has 0 aliphatic carbocycles. The second-order valence-corrected chi connectivity index (χ2v) is 10.5. The lowest BCUT2D eigenvalue weighted by atomic mass is 10.1. The summed E-state index contributed by atoms with van der Waals surface area (Å²) in [7, 11) is 0.912. The van der Waals surface area contributed by atoms with Gasteiger partial charge in [-0.15, -0.1) is 0 Å². The number of fused-ring (bicyclic) bond motifs is 1. The molecule has 0 unspecified atom stereocenters. The Labute approximate surface area is 224 Å². The van der Waals surface area contributed by atoms with Gasteiger partial charge in [0, 0.05) is 59.7 Å². The first-order chi connectivity index (χ1) is 19.2. The van der Waals surface area contributed by atoms with Crippen LogP contribution in [0, 0.1) is 10.1 Å². The van der Waals surface area contributed by atoms with Gasteiger partial charge in [0.25, 0.3) is 5.69 Å². The molecule has 0 amide bonds. The summed E-state index contributed by atoms with van der Waals surface area (Å²) >= 11 is 0. The highest BCUT2D eigenvalue weighted by Crippen LogP contribution is 2.39. The Hall–Kier alpha value is -4.23. The van der Waals surface area contributed by atoms with Gasteiger partial charge in [-0.05, 0) is 26.2 Å².